The lowest BCUT2D eigenvalue weighted by molar-refractivity contribution is -0.120. The van der Waals surface area contributed by atoms with Crippen LogP contribution in [0.3, 0.4) is 0 Å². The van der Waals surface area contributed by atoms with Crippen molar-refractivity contribution in [2.45, 2.75) is 117 Å². The topological polar surface area (TPSA) is 701 Å². The Balaban J connectivity index is 0.000000163. The first kappa shape index (κ1) is 92.4. The second kappa shape index (κ2) is 34.8. The smallest absolute Gasteiger partial charge is 0.379 e. The van der Waals surface area contributed by atoms with Gasteiger partial charge in [-0.05, 0) is 126 Å². The predicted molar refractivity (Wildman–Crippen MR) is 428 cm³/mol. The Hall–Kier alpha value is -10.3. The number of rotatable bonds is 22. The number of carbonyl (C=O) groups is 2. The fourth-order valence-electron chi connectivity index (χ4n) is 13.0. The lowest BCUT2D eigenvalue weighted by Crippen LogP contribution is -2.46. The highest BCUT2D eigenvalue weighted by atomic mass is 79.9. The Labute approximate surface area is 716 Å². The molecule has 44 nitrogen and oxygen atoms in total. The van der Waals surface area contributed by atoms with E-state index in [-0.39, 0.29) is 116 Å². The Bertz CT molecular complexity index is 6080. The molecule has 0 aliphatic carbocycles. The van der Waals surface area contributed by atoms with Crippen molar-refractivity contribution >= 4 is 148 Å². The molecule has 0 bridgehead atoms. The number of nitriles is 4. The SMILES string of the molecule is CC(=O)[C@H](C)CP(=O)(OC[C@H]1O[C@@](C#N)(c2ccc3c(=O)[nH]c(N)nn23)C(F)(Br)[C@H]1O)Oc1ccccc1.CC(=O)[C@H](C)CP(=O)(OC[C@H]1O[C@@](C#N)(c2cnc3c(N)nc(N)nn23)C(F)(Br)[C@H]1O)Oc1ccccc1.N#C[C@@]1(c2ccc3c(=O)[nH]c(N)nn23)O[C@H](CO)[C@H](O)C1(F)Br.N#C[C@@]1(c2cnc3c(N)nc(N)nn23)O[C@H](CO)[C@H](O)C1(F)Br. The molecule has 2 aromatic carbocycles. The molecule has 6 unspecified atom stereocenters. The number of hydrogen-bond donors (Lipinski definition) is 14. The molecule has 20 atom stereocenters. The van der Waals surface area contributed by atoms with Gasteiger partial charge in [-0.15, -0.1) is 20.4 Å². The number of alkyl halides is 8. The molecule has 4 fully saturated rings. The molecular formula is C68H70Br4F4N24O20P2. The van der Waals surface area contributed by atoms with Gasteiger partial charge in [-0.3, -0.25) is 38.2 Å². The lowest BCUT2D eigenvalue weighted by atomic mass is 9.93. The third-order valence-corrected chi connectivity index (χ3v) is 27.8. The number of nitrogen functional groups attached to an aromatic ring is 6. The number of nitrogens with one attached hydrogen (secondary N) is 2. The molecule has 4 aliphatic rings. The molecule has 8 aromatic heterocycles. The highest BCUT2D eigenvalue weighted by Gasteiger charge is 2.73. The predicted octanol–water partition coefficient (Wildman–Crippen LogP) is 2.96. The zero-order valence-electron chi connectivity index (χ0n) is 63.2. The minimum Gasteiger partial charge on any atom is -0.424 e. The van der Waals surface area contributed by atoms with Crippen LogP contribution in [-0.2, 0) is 69.1 Å². The molecule has 14 rings (SSSR count). The number of ketones is 2. The molecule has 54 heteroatoms. The van der Waals surface area contributed by atoms with Crippen LogP contribution in [0.4, 0.5) is 53.0 Å². The van der Waals surface area contributed by atoms with Crippen LogP contribution in [-0.4, -0.2) is 216 Å². The summed E-state index contributed by atoms with van der Waals surface area (Å²) in [6.45, 7) is 3.05. The minimum absolute atomic E-state index is 0.0117. The van der Waals surface area contributed by atoms with Crippen molar-refractivity contribution in [1.29, 1.82) is 21.0 Å². The van der Waals surface area contributed by atoms with Crippen molar-refractivity contribution < 1.29 is 104 Å². The molecule has 4 saturated heterocycles. The van der Waals surface area contributed by atoms with Gasteiger partial charge in [0.25, 0.3) is 11.1 Å². The standard InChI is InChI=1S/C23H24BrFN5O7P.C22H24BrFN7O6P.C12H11BrFN5O4.C11H11BrFN7O3/c1-13(14(2)31)11-38(34,37-15-6-4-3-5-7-15)35-10-17-19(32)23(24,25)22(12-26,36-17)18-9-8-16-20(33)28-21(27)29-30(16)18;1-12(13(2)32)10-38(34,37-14-6-4-3-5-7-14)35-9-15-17(33)22(23,24)21(11-25,36-15)16-8-28-19-18(26)29-20(27)30-31(16)19;13-12(14)8(21)6(3-20)23-11(12,4-15)7-2-1-5-9(22)17-10(16)18-19(5)7;12-11(13)6(22)4(2-21)23-10(11,3-14)5-1-17-8-7(15)18-9(16)19-20(5)8/h3-9,13,17,19,32H,10-11H2,1-2H3,(H3,27,28,29,33);3-8,12,15,17,33H,9-10H2,1-2H3,(H4,26,27,29,30);1-2,6,8,20-21H,3H2,(H3,16,17,18,22);1,4,6,21-22H,2H2,(H4,15,16,18,19)/t13-,17-,19+,22+,23?,38?;12-,15-,17+,21+,22?,38?;6-,8+,11+,12?;4-,6+,10+,11?/m1111/s1. The highest BCUT2D eigenvalue weighted by Crippen LogP contribution is 2.60. The Morgan fingerprint density at radius 1 is 0.508 bits per heavy atom. The first-order valence-electron chi connectivity index (χ1n) is 35.3. The number of benzene rings is 2. The molecule has 20 N–H and O–H groups in total. The number of aromatic amines is 2. The maximum Gasteiger partial charge on any atom is 0.379 e. The number of nitrogens with zero attached hydrogens (tertiary/aromatic N) is 16. The lowest BCUT2D eigenvalue weighted by Gasteiger charge is -2.29. The van der Waals surface area contributed by atoms with Crippen molar-refractivity contribution in [1.82, 2.24) is 68.4 Å². The molecular weight excluding hydrogens is 1930 g/mol. The largest absolute Gasteiger partial charge is 0.424 e. The van der Waals surface area contributed by atoms with Crippen molar-refractivity contribution in [2.75, 3.05) is 73.2 Å². The summed E-state index contributed by atoms with van der Waals surface area (Å²) in [5.41, 5.74) is 22.0. The number of aliphatic hydroxyl groups is 6. The average molecular weight is 2000 g/mol. The van der Waals surface area contributed by atoms with Crippen molar-refractivity contribution in [3.8, 4) is 35.8 Å². The fourth-order valence-corrected chi connectivity index (χ4v) is 19.7. The first-order chi connectivity index (χ1) is 57.2. The number of aliphatic hydroxyl groups excluding tert-OH is 6. The number of aromatic nitrogens is 14. The summed E-state index contributed by atoms with van der Waals surface area (Å²) in [5.74, 6) is -2.73. The number of fused-ring (bicyclic) bond motifs is 4. The minimum atomic E-state index is -4.05. The van der Waals surface area contributed by atoms with Gasteiger partial charge in [0.15, 0.2) is 22.9 Å². The number of Topliss-reactive ketones (excluding diaryl/α,β-unsaturated/α-hetero) is 2. The summed E-state index contributed by atoms with van der Waals surface area (Å²) in [6.07, 6.45) is -11.8. The molecule has 10 aromatic rings. The van der Waals surface area contributed by atoms with Crippen molar-refractivity contribution in [2.24, 2.45) is 11.8 Å². The Morgan fingerprint density at radius 2 is 0.811 bits per heavy atom. The number of nitrogens with two attached hydrogens (primary N) is 6. The van der Waals surface area contributed by atoms with E-state index in [1.807, 2.05) is 0 Å². The summed E-state index contributed by atoms with van der Waals surface area (Å²) in [6, 6.07) is 28.1. The van der Waals surface area contributed by atoms with Gasteiger partial charge in [0.1, 0.15) is 119 Å². The normalized spacial score (nSPS) is 29.9. The third kappa shape index (κ3) is 16.3. The van der Waals surface area contributed by atoms with E-state index in [9.17, 15) is 80.0 Å². The van der Waals surface area contributed by atoms with Gasteiger partial charge in [0.2, 0.25) is 64.5 Å². The average Bonchev–Trinajstić information content (AvgIpc) is 1.57. The van der Waals surface area contributed by atoms with E-state index in [0.717, 1.165) is 30.5 Å². The van der Waals surface area contributed by atoms with Gasteiger partial charge in [-0.2, -0.15) is 31.0 Å². The number of anilines is 6. The quantitative estimate of drug-likeness (QED) is 0.0263. The van der Waals surface area contributed by atoms with Crippen LogP contribution in [0.25, 0.3) is 22.3 Å². The molecule has 0 spiro atoms. The van der Waals surface area contributed by atoms with E-state index in [4.69, 9.17) is 71.4 Å². The fraction of sp³-hybridized carbons (Fsp3) is 0.412. The van der Waals surface area contributed by atoms with Crippen LogP contribution in [0.5, 0.6) is 11.5 Å². The van der Waals surface area contributed by atoms with Crippen LogP contribution < -0.4 is 54.6 Å². The molecule has 648 valence electrons. The maximum atomic E-state index is 16.1. The third-order valence-electron chi connectivity index (χ3n) is 19.6. The Kier molecular flexibility index (Phi) is 26.4. The number of H-pyrrole nitrogens is 2. The zero-order valence-corrected chi connectivity index (χ0v) is 71.3. The number of hydrogen-bond acceptors (Lipinski definition) is 38. The summed E-state index contributed by atoms with van der Waals surface area (Å²) >= 11 is 11.0. The van der Waals surface area contributed by atoms with E-state index in [1.165, 1.54) is 38.1 Å². The van der Waals surface area contributed by atoms with Gasteiger partial charge in [-0.1, -0.05) is 50.2 Å². The Morgan fingerprint density at radius 3 is 1.11 bits per heavy atom. The monoisotopic (exact) mass is 2000 g/mol. The number of imidazole rings is 2. The van der Waals surface area contributed by atoms with Crippen LogP contribution in [0.15, 0.2) is 107 Å². The summed E-state index contributed by atoms with van der Waals surface area (Å²) in [4.78, 5) is 67.8. The number of para-hydroxylation sites is 2. The van der Waals surface area contributed by atoms with Crippen LogP contribution in [0.2, 0.25) is 0 Å². The number of halogens is 8. The molecule has 4 aliphatic heterocycles. The van der Waals surface area contributed by atoms with Crippen LogP contribution in [0.1, 0.15) is 50.5 Å². The summed E-state index contributed by atoms with van der Waals surface area (Å²) < 4.78 is 127. The van der Waals surface area contributed by atoms with Crippen LogP contribution >= 0.6 is 78.9 Å². The van der Waals surface area contributed by atoms with E-state index in [1.54, 1.807) is 98.8 Å². The van der Waals surface area contributed by atoms with E-state index in [2.05, 4.69) is 114 Å². The molecule has 122 heavy (non-hydrogen) atoms. The van der Waals surface area contributed by atoms with Gasteiger partial charge in [0, 0.05) is 11.8 Å². The van der Waals surface area contributed by atoms with E-state index < -0.39 is 154 Å². The van der Waals surface area contributed by atoms with E-state index >= 15 is 17.6 Å². The highest BCUT2D eigenvalue weighted by molar-refractivity contribution is 9.10. The molecule has 12 heterocycles. The molecule has 0 amide bonds. The van der Waals surface area contributed by atoms with Crippen LogP contribution in [0, 0.1) is 57.2 Å². The van der Waals surface area contributed by atoms with Gasteiger partial charge >= 0.3 is 15.2 Å². The zero-order chi connectivity index (χ0) is 89.7. The van der Waals surface area contributed by atoms with Gasteiger partial charge in [0.05, 0.1) is 62.5 Å². The summed E-state index contributed by atoms with van der Waals surface area (Å²) in [7, 11) is -8.09. The summed E-state index contributed by atoms with van der Waals surface area (Å²) in [5, 5.41) is 115. The molecule has 0 saturated carbocycles. The number of carbonyl (C=O) groups excluding carboxylic acids is 2. The van der Waals surface area contributed by atoms with Gasteiger partial charge in [-0.25, -0.2) is 54.7 Å². The van der Waals surface area contributed by atoms with E-state index in [0.29, 0.717) is 0 Å². The number of ether oxygens (including phenoxy) is 4. The first-order valence-corrected chi connectivity index (χ1v) is 42.0. The van der Waals surface area contributed by atoms with Crippen molar-refractivity contribution in [3.05, 3.63) is 141 Å². The second-order valence-corrected chi connectivity index (χ2v) is 36.3. The second-order valence-electron chi connectivity index (χ2n) is 27.6. The van der Waals surface area contributed by atoms with Gasteiger partial charge < -0.3 is 93.0 Å². The maximum absolute atomic E-state index is 16.1. The molecule has 0 radical (unpaired) electrons. The van der Waals surface area contributed by atoms with Crippen molar-refractivity contribution in [3.63, 3.8) is 0 Å².